The third-order valence-electron chi connectivity index (χ3n) is 4.02. The summed E-state index contributed by atoms with van der Waals surface area (Å²) >= 11 is 0. The molecule has 5 heteroatoms. The number of ether oxygens (including phenoxy) is 2. The molecule has 0 saturated carbocycles. The van der Waals surface area contributed by atoms with Crippen LogP contribution in [0.15, 0.2) is 0 Å². The van der Waals surface area contributed by atoms with Crippen molar-refractivity contribution in [3.05, 3.63) is 0 Å². The van der Waals surface area contributed by atoms with Gasteiger partial charge in [0.15, 0.2) is 0 Å². The SMILES string of the molecule is CC(C)[C@H]1OCC[C@@H]1CNC(=O)[C@H]1CN(C)CCO1. The van der Waals surface area contributed by atoms with Gasteiger partial charge in [-0.3, -0.25) is 4.79 Å². The third-order valence-corrected chi connectivity index (χ3v) is 4.02. The summed E-state index contributed by atoms with van der Waals surface area (Å²) in [6.45, 7) is 8.07. The average Bonchev–Trinajstić information content (AvgIpc) is 2.84. The van der Waals surface area contributed by atoms with Crippen LogP contribution < -0.4 is 5.32 Å². The Labute approximate surface area is 115 Å². The number of nitrogens with one attached hydrogen (secondary N) is 1. The van der Waals surface area contributed by atoms with Crippen LogP contribution in [0.5, 0.6) is 0 Å². The van der Waals surface area contributed by atoms with Crippen LogP contribution in [-0.2, 0) is 14.3 Å². The summed E-state index contributed by atoms with van der Waals surface area (Å²) in [6.07, 6.45) is 0.989. The average molecular weight is 270 g/mol. The van der Waals surface area contributed by atoms with Crippen molar-refractivity contribution >= 4 is 5.91 Å². The second-order valence-corrected chi connectivity index (χ2v) is 6.00. The predicted octanol–water partition coefficient (Wildman–Crippen LogP) is 0.494. The molecule has 0 unspecified atom stereocenters. The van der Waals surface area contributed by atoms with Crippen molar-refractivity contribution in [1.29, 1.82) is 0 Å². The minimum Gasteiger partial charge on any atom is -0.378 e. The fraction of sp³-hybridized carbons (Fsp3) is 0.929. The lowest BCUT2D eigenvalue weighted by Gasteiger charge is -2.30. The van der Waals surface area contributed by atoms with E-state index in [1.54, 1.807) is 0 Å². The zero-order valence-electron chi connectivity index (χ0n) is 12.2. The summed E-state index contributed by atoms with van der Waals surface area (Å²) in [5, 5.41) is 3.03. The van der Waals surface area contributed by atoms with Crippen molar-refractivity contribution in [2.75, 3.05) is 39.9 Å². The minimum atomic E-state index is -0.321. The zero-order valence-corrected chi connectivity index (χ0v) is 12.2. The first-order chi connectivity index (χ1) is 9.08. The molecule has 2 saturated heterocycles. The second kappa shape index (κ2) is 6.68. The van der Waals surface area contributed by atoms with Crippen molar-refractivity contribution < 1.29 is 14.3 Å². The first-order valence-corrected chi connectivity index (χ1v) is 7.27. The van der Waals surface area contributed by atoms with E-state index in [1.807, 2.05) is 7.05 Å². The predicted molar refractivity (Wildman–Crippen MR) is 72.9 cm³/mol. The number of carbonyl (C=O) groups excluding carboxylic acids is 1. The minimum absolute atomic E-state index is 0.0148. The number of likely N-dealkylation sites (N-methyl/N-ethyl adjacent to an activating group) is 1. The molecule has 0 radical (unpaired) electrons. The summed E-state index contributed by atoms with van der Waals surface area (Å²) in [7, 11) is 2.02. The molecule has 0 spiro atoms. The van der Waals surface area contributed by atoms with Gasteiger partial charge in [0.1, 0.15) is 6.10 Å². The van der Waals surface area contributed by atoms with E-state index in [9.17, 15) is 4.79 Å². The van der Waals surface area contributed by atoms with E-state index in [-0.39, 0.29) is 18.1 Å². The Kier molecular flexibility index (Phi) is 5.19. The van der Waals surface area contributed by atoms with Gasteiger partial charge >= 0.3 is 0 Å². The number of hydrogen-bond acceptors (Lipinski definition) is 4. The van der Waals surface area contributed by atoms with E-state index in [4.69, 9.17) is 9.47 Å². The molecule has 1 N–H and O–H groups in total. The Morgan fingerprint density at radius 3 is 2.84 bits per heavy atom. The molecule has 0 aromatic rings. The molecule has 0 aromatic heterocycles. The molecule has 3 atom stereocenters. The van der Waals surface area contributed by atoms with Gasteiger partial charge in [-0.25, -0.2) is 0 Å². The zero-order chi connectivity index (χ0) is 13.8. The topological polar surface area (TPSA) is 50.8 Å². The molecule has 19 heavy (non-hydrogen) atoms. The van der Waals surface area contributed by atoms with Crippen molar-refractivity contribution in [3.63, 3.8) is 0 Å². The molecule has 2 aliphatic heterocycles. The molecular weight excluding hydrogens is 244 g/mol. The number of carbonyl (C=O) groups is 1. The summed E-state index contributed by atoms with van der Waals surface area (Å²) in [5.41, 5.74) is 0. The molecule has 1 amide bonds. The van der Waals surface area contributed by atoms with E-state index >= 15 is 0 Å². The standard InChI is InChI=1S/C14H26N2O3/c1-10(2)13-11(4-6-19-13)8-15-14(17)12-9-16(3)5-7-18-12/h10-13H,4-9H2,1-3H3,(H,15,17)/t11-,12-,13-/m1/s1. The van der Waals surface area contributed by atoms with Gasteiger partial charge in [0.25, 0.3) is 0 Å². The molecule has 2 rings (SSSR count). The van der Waals surface area contributed by atoms with E-state index < -0.39 is 0 Å². The number of nitrogens with zero attached hydrogens (tertiary/aromatic N) is 1. The summed E-state index contributed by atoms with van der Waals surface area (Å²) in [6, 6.07) is 0. The molecule has 110 valence electrons. The lowest BCUT2D eigenvalue weighted by atomic mass is 9.93. The van der Waals surface area contributed by atoms with Crippen molar-refractivity contribution in [2.24, 2.45) is 11.8 Å². The first-order valence-electron chi connectivity index (χ1n) is 7.27. The van der Waals surface area contributed by atoms with Gasteiger partial charge < -0.3 is 19.7 Å². The van der Waals surface area contributed by atoms with Crippen LogP contribution in [0.3, 0.4) is 0 Å². The molecule has 5 nitrogen and oxygen atoms in total. The first kappa shape index (κ1) is 14.8. The fourth-order valence-corrected chi connectivity index (χ4v) is 2.89. The van der Waals surface area contributed by atoms with Crippen molar-refractivity contribution in [2.45, 2.75) is 32.5 Å². The summed E-state index contributed by atoms with van der Waals surface area (Å²) in [4.78, 5) is 14.2. The molecule has 2 fully saturated rings. The molecule has 0 aromatic carbocycles. The largest absolute Gasteiger partial charge is 0.378 e. The Hall–Kier alpha value is -0.650. The Morgan fingerprint density at radius 1 is 1.37 bits per heavy atom. The van der Waals surface area contributed by atoms with Crippen LogP contribution in [0.25, 0.3) is 0 Å². The van der Waals surface area contributed by atoms with Gasteiger partial charge in [-0.15, -0.1) is 0 Å². The molecule has 2 aliphatic rings. The smallest absolute Gasteiger partial charge is 0.250 e. The second-order valence-electron chi connectivity index (χ2n) is 6.00. The molecule has 0 bridgehead atoms. The van der Waals surface area contributed by atoms with Crippen LogP contribution >= 0.6 is 0 Å². The van der Waals surface area contributed by atoms with Gasteiger partial charge in [0.05, 0.1) is 12.7 Å². The van der Waals surface area contributed by atoms with Crippen LogP contribution in [-0.4, -0.2) is 62.9 Å². The quantitative estimate of drug-likeness (QED) is 0.808. The Morgan fingerprint density at radius 2 is 2.16 bits per heavy atom. The van der Waals surface area contributed by atoms with Crippen LogP contribution in [0, 0.1) is 11.8 Å². The van der Waals surface area contributed by atoms with Crippen molar-refractivity contribution in [3.8, 4) is 0 Å². The highest BCUT2D eigenvalue weighted by molar-refractivity contribution is 5.81. The van der Waals surface area contributed by atoms with Gasteiger partial charge in [-0.2, -0.15) is 0 Å². The highest BCUT2D eigenvalue weighted by Crippen LogP contribution is 2.26. The van der Waals surface area contributed by atoms with Gasteiger partial charge in [0, 0.05) is 32.2 Å². The Bertz CT molecular complexity index is 309. The normalized spacial score (nSPS) is 32.7. The molecule has 2 heterocycles. The fourth-order valence-electron chi connectivity index (χ4n) is 2.89. The van der Waals surface area contributed by atoms with E-state index in [0.717, 1.165) is 19.6 Å². The maximum Gasteiger partial charge on any atom is 0.250 e. The van der Waals surface area contributed by atoms with Gasteiger partial charge in [0.2, 0.25) is 5.91 Å². The highest BCUT2D eigenvalue weighted by atomic mass is 16.5. The molecule has 0 aliphatic carbocycles. The van der Waals surface area contributed by atoms with Crippen molar-refractivity contribution in [1.82, 2.24) is 10.2 Å². The van der Waals surface area contributed by atoms with Crippen LogP contribution in [0.2, 0.25) is 0 Å². The van der Waals surface area contributed by atoms with Gasteiger partial charge in [-0.1, -0.05) is 13.8 Å². The van der Waals surface area contributed by atoms with E-state index in [1.165, 1.54) is 0 Å². The Balaban J connectivity index is 1.76. The van der Waals surface area contributed by atoms with Crippen LogP contribution in [0.1, 0.15) is 20.3 Å². The summed E-state index contributed by atoms with van der Waals surface area (Å²) < 4.78 is 11.2. The maximum absolute atomic E-state index is 12.1. The summed E-state index contributed by atoms with van der Waals surface area (Å²) in [5.74, 6) is 0.952. The van der Waals surface area contributed by atoms with E-state index in [2.05, 4.69) is 24.1 Å². The number of morpholine rings is 1. The third kappa shape index (κ3) is 3.91. The molecular formula is C14H26N2O3. The monoisotopic (exact) mass is 270 g/mol. The van der Waals surface area contributed by atoms with Crippen LogP contribution in [0.4, 0.5) is 0 Å². The maximum atomic E-state index is 12.1. The lowest BCUT2D eigenvalue weighted by Crippen LogP contribution is -2.49. The van der Waals surface area contributed by atoms with E-state index in [0.29, 0.717) is 31.5 Å². The lowest BCUT2D eigenvalue weighted by molar-refractivity contribution is -0.138. The van der Waals surface area contributed by atoms with Gasteiger partial charge in [-0.05, 0) is 19.4 Å². The number of rotatable bonds is 4. The number of hydrogen-bond donors (Lipinski definition) is 1. The number of amides is 1. The highest BCUT2D eigenvalue weighted by Gasteiger charge is 2.32.